The molecule has 0 heterocycles. The highest BCUT2D eigenvalue weighted by Crippen LogP contribution is 2.52. The normalized spacial score (nSPS) is 14.8. The minimum Gasteiger partial charge on any atom is -0.367 e. The molecule has 2 nitrogen and oxygen atoms in total. The average Bonchev–Trinajstić information content (AvgIpc) is 1.92. The third-order valence-corrected chi connectivity index (χ3v) is 1.23. The van der Waals surface area contributed by atoms with Crippen LogP contribution >= 0.6 is 0 Å². The molecule has 0 atom stereocenters. The Kier molecular flexibility index (Phi) is 5.80. The molecule has 0 saturated carbocycles. The molecule has 0 spiro atoms. The van der Waals surface area contributed by atoms with Crippen LogP contribution in [-0.4, -0.2) is 61.9 Å². The van der Waals surface area contributed by atoms with E-state index in [0.29, 0.717) is 0 Å². The van der Waals surface area contributed by atoms with Crippen LogP contribution in [0.1, 0.15) is 0 Å². The first-order valence-corrected chi connectivity index (χ1v) is 4.46. The van der Waals surface area contributed by atoms with Crippen molar-refractivity contribution in [2.24, 2.45) is 0 Å². The van der Waals surface area contributed by atoms with Gasteiger partial charge in [-0.25, -0.2) is 0 Å². The van der Waals surface area contributed by atoms with Gasteiger partial charge >= 0.3 is 24.1 Å². The summed E-state index contributed by atoms with van der Waals surface area (Å²) in [6.45, 7) is 0. The molecule has 19 heavy (non-hydrogen) atoms. The molecule has 0 aromatic carbocycles. The van der Waals surface area contributed by atoms with Gasteiger partial charge in [0.15, 0.2) is 0 Å². The zero-order chi connectivity index (χ0) is 16.5. The van der Waals surface area contributed by atoms with E-state index in [0.717, 1.165) is 4.48 Å². The van der Waals surface area contributed by atoms with Crippen LogP contribution in [0.25, 0.3) is 0 Å². The summed E-state index contributed by atoms with van der Waals surface area (Å²) in [7, 11) is 8.50. The number of halogens is 9. The summed E-state index contributed by atoms with van der Waals surface area (Å²) in [4.78, 5) is 0. The van der Waals surface area contributed by atoms with Gasteiger partial charge in [-0.3, -0.25) is 0 Å². The number of alkyl halides is 9. The molecule has 0 aromatic rings. The van der Waals surface area contributed by atoms with E-state index >= 15 is 0 Å². The topological polar surface area (TPSA) is 20.2 Å². The maximum atomic E-state index is 11.4. The highest BCUT2D eigenvalue weighted by molar-refractivity contribution is 5.00. The Morgan fingerprint density at radius 1 is 0.579 bits per heavy atom. The third-order valence-electron chi connectivity index (χ3n) is 1.23. The van der Waals surface area contributed by atoms with E-state index in [-0.39, 0.29) is 0 Å². The summed E-state index contributed by atoms with van der Waals surface area (Å²) in [5.41, 5.74) is -6.69. The highest BCUT2D eigenvalue weighted by atomic mass is 19.4. The van der Waals surface area contributed by atoms with Gasteiger partial charge in [-0.05, 0) is 0 Å². The maximum Gasteiger partial charge on any atom is 0.435 e. The van der Waals surface area contributed by atoms with Gasteiger partial charge < -0.3 is 9.59 Å². The largest absolute Gasteiger partial charge is 0.435 e. The summed E-state index contributed by atoms with van der Waals surface area (Å²) in [5, 5.41) is 7.65. The van der Waals surface area contributed by atoms with Gasteiger partial charge in [-0.15, -0.1) is 0 Å². The molecule has 1 N–H and O–H groups in total. The first kappa shape index (κ1) is 20.6. The number of hydrogen-bond acceptors (Lipinski definition) is 1. The first-order chi connectivity index (χ1) is 7.75. The first-order valence-electron chi connectivity index (χ1n) is 4.46. The van der Waals surface area contributed by atoms with Crippen molar-refractivity contribution < 1.29 is 49.1 Å². The van der Waals surface area contributed by atoms with Crippen molar-refractivity contribution >= 4 is 0 Å². The van der Waals surface area contributed by atoms with E-state index in [4.69, 9.17) is 5.11 Å². The van der Waals surface area contributed by atoms with E-state index in [1.54, 1.807) is 0 Å². The third kappa shape index (κ3) is 5.85. The molecule has 0 aromatic heterocycles. The molecular formula is C8H13F9NO+. The minimum absolute atomic E-state index is 1.00. The fraction of sp³-hybridized carbons (Fsp3) is 1.00. The predicted octanol–water partition coefficient (Wildman–Crippen LogP) is 2.73. The Hall–Kier alpha value is -0.710. The monoisotopic (exact) mass is 310 g/mol. The number of aliphatic hydroxyl groups is 1. The zero-order valence-corrected chi connectivity index (χ0v) is 10.3. The van der Waals surface area contributed by atoms with Crippen LogP contribution in [0.2, 0.25) is 0 Å². The van der Waals surface area contributed by atoms with E-state index in [1.165, 1.54) is 0 Å². The van der Waals surface area contributed by atoms with E-state index in [2.05, 4.69) is 28.2 Å². The van der Waals surface area contributed by atoms with Crippen molar-refractivity contribution in [2.45, 2.75) is 24.1 Å². The second-order valence-electron chi connectivity index (χ2n) is 4.89. The highest BCUT2D eigenvalue weighted by Gasteiger charge is 2.83. The lowest BCUT2D eigenvalue weighted by molar-refractivity contribution is -0.849. The van der Waals surface area contributed by atoms with Crippen LogP contribution in [0.4, 0.5) is 39.5 Å². The molecule has 11 heteroatoms. The standard InChI is InChI=1S/C4HF9O.C4H12N/c5-2(6,7)1(14,3(8,9)10)4(11,12)13;1-5(2,3)4/h14H;1-4H3/q;+1. The summed E-state index contributed by atoms with van der Waals surface area (Å²) in [6.07, 6.45) is -20.6. The van der Waals surface area contributed by atoms with Crippen LogP contribution in [-0.2, 0) is 0 Å². The molecular weight excluding hydrogens is 297 g/mol. The summed E-state index contributed by atoms with van der Waals surface area (Å²) >= 11 is 0. The summed E-state index contributed by atoms with van der Waals surface area (Å²) in [5.74, 6) is 0. The van der Waals surface area contributed by atoms with Crippen molar-refractivity contribution in [3.05, 3.63) is 0 Å². The number of nitrogens with zero attached hydrogens (tertiary/aromatic N) is 1. The lowest BCUT2D eigenvalue weighted by atomic mass is 10.0. The average molecular weight is 310 g/mol. The van der Waals surface area contributed by atoms with Gasteiger partial charge in [-0.2, -0.15) is 39.5 Å². The van der Waals surface area contributed by atoms with Crippen molar-refractivity contribution in [1.82, 2.24) is 0 Å². The summed E-state index contributed by atoms with van der Waals surface area (Å²) < 4.78 is 104. The molecule has 0 rings (SSSR count). The van der Waals surface area contributed by atoms with Crippen molar-refractivity contribution in [3.8, 4) is 0 Å². The van der Waals surface area contributed by atoms with E-state index in [1.807, 2.05) is 0 Å². The van der Waals surface area contributed by atoms with Gasteiger partial charge in [0.2, 0.25) is 0 Å². The van der Waals surface area contributed by atoms with Crippen molar-refractivity contribution in [3.63, 3.8) is 0 Å². The Balaban J connectivity index is 0. The Bertz CT molecular complexity index is 241. The molecule has 0 bridgehead atoms. The fourth-order valence-corrected chi connectivity index (χ4v) is 0.482. The Morgan fingerprint density at radius 2 is 0.684 bits per heavy atom. The quantitative estimate of drug-likeness (QED) is 0.539. The summed E-state index contributed by atoms with van der Waals surface area (Å²) in [6, 6.07) is 0. The second-order valence-corrected chi connectivity index (χ2v) is 4.89. The van der Waals surface area contributed by atoms with Crippen LogP contribution in [0.3, 0.4) is 0 Å². The second kappa shape index (κ2) is 5.35. The minimum atomic E-state index is -6.87. The number of rotatable bonds is 0. The fourth-order valence-electron chi connectivity index (χ4n) is 0.482. The molecule has 0 radical (unpaired) electrons. The van der Waals surface area contributed by atoms with Crippen LogP contribution < -0.4 is 0 Å². The molecule has 0 saturated heterocycles. The molecule has 0 aliphatic heterocycles. The molecule has 0 unspecified atom stereocenters. The van der Waals surface area contributed by atoms with E-state index in [9.17, 15) is 39.5 Å². The molecule has 118 valence electrons. The van der Waals surface area contributed by atoms with Gasteiger partial charge in [0.1, 0.15) is 0 Å². The SMILES string of the molecule is C[N+](C)(C)C.OC(C(F)(F)F)(C(F)(F)F)C(F)(F)F. The number of hydrogen-bond donors (Lipinski definition) is 1. The van der Waals surface area contributed by atoms with E-state index < -0.39 is 24.1 Å². The smallest absolute Gasteiger partial charge is 0.367 e. The predicted molar refractivity (Wildman–Crippen MR) is 47.1 cm³/mol. The molecule has 0 amide bonds. The van der Waals surface area contributed by atoms with Gasteiger partial charge in [0.05, 0.1) is 28.2 Å². The Labute approximate surface area is 103 Å². The zero-order valence-electron chi connectivity index (χ0n) is 10.3. The van der Waals surface area contributed by atoms with Gasteiger partial charge in [0, 0.05) is 0 Å². The lowest BCUT2D eigenvalue weighted by Gasteiger charge is -2.33. The van der Waals surface area contributed by atoms with Crippen LogP contribution in [0.15, 0.2) is 0 Å². The van der Waals surface area contributed by atoms with Crippen LogP contribution in [0.5, 0.6) is 0 Å². The van der Waals surface area contributed by atoms with Crippen molar-refractivity contribution in [2.75, 3.05) is 28.2 Å². The maximum absolute atomic E-state index is 11.4. The lowest BCUT2D eigenvalue weighted by Crippen LogP contribution is -2.66. The van der Waals surface area contributed by atoms with Crippen molar-refractivity contribution in [1.29, 1.82) is 0 Å². The Morgan fingerprint density at radius 3 is 0.684 bits per heavy atom. The molecule has 0 aliphatic carbocycles. The van der Waals surface area contributed by atoms with Gasteiger partial charge in [0.25, 0.3) is 0 Å². The van der Waals surface area contributed by atoms with Crippen LogP contribution in [0, 0.1) is 0 Å². The number of quaternary nitrogens is 1. The molecule has 0 fully saturated rings. The van der Waals surface area contributed by atoms with Gasteiger partial charge in [-0.1, -0.05) is 0 Å². The molecule has 0 aliphatic rings.